The molecule has 3 rings (SSSR count). The third kappa shape index (κ3) is 2.06. The molecule has 0 unspecified atom stereocenters. The van der Waals surface area contributed by atoms with Gasteiger partial charge >= 0.3 is 0 Å². The second-order valence-electron chi connectivity index (χ2n) is 4.92. The molecule has 0 amide bonds. The molecule has 0 fully saturated rings. The van der Waals surface area contributed by atoms with Crippen molar-refractivity contribution >= 4 is 11.0 Å². The summed E-state index contributed by atoms with van der Waals surface area (Å²) in [6, 6.07) is 8.13. The minimum absolute atomic E-state index is 0.418. The summed E-state index contributed by atoms with van der Waals surface area (Å²) in [6.07, 6.45) is 0. The molecule has 0 saturated carbocycles. The van der Waals surface area contributed by atoms with Crippen LogP contribution < -0.4 is 5.73 Å². The van der Waals surface area contributed by atoms with Gasteiger partial charge in [0.15, 0.2) is 0 Å². The van der Waals surface area contributed by atoms with Crippen LogP contribution in [0.15, 0.2) is 24.3 Å². The molecule has 0 radical (unpaired) electrons. The Hall–Kier alpha value is -2.27. The zero-order valence-electron chi connectivity index (χ0n) is 11.9. The highest BCUT2D eigenvalue weighted by Crippen LogP contribution is 2.23. The van der Waals surface area contributed by atoms with E-state index < -0.39 is 0 Å². The Labute approximate surface area is 117 Å². The summed E-state index contributed by atoms with van der Waals surface area (Å²) in [7, 11) is 2.02. The lowest BCUT2D eigenvalue weighted by Gasteiger charge is -2.05. The molecule has 20 heavy (non-hydrogen) atoms. The summed E-state index contributed by atoms with van der Waals surface area (Å²) < 4.78 is 2.08. The van der Waals surface area contributed by atoms with Crippen LogP contribution in [0.5, 0.6) is 0 Å². The normalized spacial score (nSPS) is 11.2. The SMILES string of the molecule is Cc1nc(CN)cc(-c2ccc3c(c2)nc(C)n3C)n1. The Balaban J connectivity index is 2.17. The molecule has 5 heteroatoms. The number of aryl methyl sites for hydroxylation is 3. The molecule has 3 aromatic rings. The Morgan fingerprint density at radius 2 is 1.90 bits per heavy atom. The van der Waals surface area contributed by atoms with Crippen LogP contribution >= 0.6 is 0 Å². The van der Waals surface area contributed by atoms with E-state index in [2.05, 4.69) is 37.7 Å². The van der Waals surface area contributed by atoms with Crippen molar-refractivity contribution in [2.75, 3.05) is 0 Å². The van der Waals surface area contributed by atoms with Crippen LogP contribution in [-0.2, 0) is 13.6 Å². The molecule has 102 valence electrons. The molecule has 0 spiro atoms. The lowest BCUT2D eigenvalue weighted by atomic mass is 10.1. The maximum atomic E-state index is 5.67. The smallest absolute Gasteiger partial charge is 0.126 e. The van der Waals surface area contributed by atoms with E-state index in [-0.39, 0.29) is 0 Å². The topological polar surface area (TPSA) is 69.6 Å². The molecule has 0 saturated heterocycles. The van der Waals surface area contributed by atoms with Gasteiger partial charge in [-0.15, -0.1) is 0 Å². The molecule has 2 aromatic heterocycles. The predicted octanol–water partition coefficient (Wildman–Crippen LogP) is 2.11. The standard InChI is InChI=1S/C15H17N5/c1-9-17-12(8-16)7-13(18-9)11-4-5-15-14(6-11)19-10(2)20(15)3/h4-7H,8,16H2,1-3H3. The lowest BCUT2D eigenvalue weighted by molar-refractivity contribution is 0.886. The zero-order valence-corrected chi connectivity index (χ0v) is 11.9. The van der Waals surface area contributed by atoms with Gasteiger partial charge < -0.3 is 10.3 Å². The van der Waals surface area contributed by atoms with Gasteiger partial charge in [0.25, 0.3) is 0 Å². The maximum Gasteiger partial charge on any atom is 0.126 e. The van der Waals surface area contributed by atoms with Gasteiger partial charge in [-0.3, -0.25) is 0 Å². The van der Waals surface area contributed by atoms with Gasteiger partial charge in [-0.1, -0.05) is 6.07 Å². The summed E-state index contributed by atoms with van der Waals surface area (Å²) in [5, 5.41) is 0. The fraction of sp³-hybridized carbons (Fsp3) is 0.267. The van der Waals surface area contributed by atoms with Crippen molar-refractivity contribution in [2.45, 2.75) is 20.4 Å². The number of nitrogens with zero attached hydrogens (tertiary/aromatic N) is 4. The second-order valence-corrected chi connectivity index (χ2v) is 4.92. The van der Waals surface area contributed by atoms with Gasteiger partial charge in [-0.25, -0.2) is 15.0 Å². The summed E-state index contributed by atoms with van der Waals surface area (Å²) in [5.74, 6) is 1.74. The maximum absolute atomic E-state index is 5.67. The van der Waals surface area contributed by atoms with E-state index in [0.717, 1.165) is 39.6 Å². The predicted molar refractivity (Wildman–Crippen MR) is 79.1 cm³/mol. The van der Waals surface area contributed by atoms with Crippen molar-refractivity contribution in [3.63, 3.8) is 0 Å². The Morgan fingerprint density at radius 3 is 2.65 bits per heavy atom. The van der Waals surface area contributed by atoms with Crippen LogP contribution in [0.1, 0.15) is 17.3 Å². The van der Waals surface area contributed by atoms with Gasteiger partial charge in [0.1, 0.15) is 11.6 Å². The van der Waals surface area contributed by atoms with Gasteiger partial charge in [0.2, 0.25) is 0 Å². The average molecular weight is 267 g/mol. The van der Waals surface area contributed by atoms with E-state index in [9.17, 15) is 0 Å². The molecule has 0 aliphatic rings. The van der Waals surface area contributed by atoms with E-state index in [0.29, 0.717) is 6.54 Å². The Bertz CT molecular complexity index is 788. The number of hydrogen-bond acceptors (Lipinski definition) is 4. The quantitative estimate of drug-likeness (QED) is 0.772. The van der Waals surface area contributed by atoms with Crippen molar-refractivity contribution in [1.82, 2.24) is 19.5 Å². The fourth-order valence-corrected chi connectivity index (χ4v) is 2.36. The Kier molecular flexibility index (Phi) is 2.99. The Morgan fingerprint density at radius 1 is 1.10 bits per heavy atom. The zero-order chi connectivity index (χ0) is 14.3. The monoisotopic (exact) mass is 267 g/mol. The molecule has 2 heterocycles. The van der Waals surface area contributed by atoms with Crippen LogP contribution in [0.25, 0.3) is 22.3 Å². The van der Waals surface area contributed by atoms with E-state index in [1.165, 1.54) is 0 Å². The number of imidazole rings is 1. The first-order chi connectivity index (χ1) is 9.58. The minimum Gasteiger partial charge on any atom is -0.331 e. The van der Waals surface area contributed by atoms with Crippen LogP contribution in [0.4, 0.5) is 0 Å². The number of rotatable bonds is 2. The second kappa shape index (κ2) is 4.68. The summed E-state index contributed by atoms with van der Waals surface area (Å²) in [4.78, 5) is 13.3. The van der Waals surface area contributed by atoms with E-state index in [1.807, 2.05) is 27.0 Å². The highest BCUT2D eigenvalue weighted by Gasteiger charge is 2.08. The molecule has 0 atom stereocenters. The first kappa shape index (κ1) is 12.7. The minimum atomic E-state index is 0.418. The van der Waals surface area contributed by atoms with Crippen LogP contribution in [0.2, 0.25) is 0 Å². The highest BCUT2D eigenvalue weighted by molar-refractivity contribution is 5.81. The van der Waals surface area contributed by atoms with Gasteiger partial charge in [-0.2, -0.15) is 0 Å². The van der Waals surface area contributed by atoms with E-state index in [4.69, 9.17) is 5.73 Å². The van der Waals surface area contributed by atoms with E-state index >= 15 is 0 Å². The summed E-state index contributed by atoms with van der Waals surface area (Å²) >= 11 is 0. The van der Waals surface area contributed by atoms with Crippen LogP contribution in [0, 0.1) is 13.8 Å². The van der Waals surface area contributed by atoms with Crippen LogP contribution in [-0.4, -0.2) is 19.5 Å². The molecular weight excluding hydrogens is 250 g/mol. The van der Waals surface area contributed by atoms with Crippen LogP contribution in [0.3, 0.4) is 0 Å². The fourth-order valence-electron chi connectivity index (χ4n) is 2.36. The van der Waals surface area contributed by atoms with Gasteiger partial charge in [0, 0.05) is 19.2 Å². The van der Waals surface area contributed by atoms with Gasteiger partial charge in [-0.05, 0) is 32.0 Å². The first-order valence-electron chi connectivity index (χ1n) is 6.56. The third-order valence-corrected chi connectivity index (χ3v) is 3.50. The lowest BCUT2D eigenvalue weighted by Crippen LogP contribution is -2.03. The molecule has 1 aromatic carbocycles. The summed E-state index contributed by atoms with van der Waals surface area (Å²) in [5.41, 5.74) is 10.6. The average Bonchev–Trinajstić information content (AvgIpc) is 2.73. The van der Waals surface area contributed by atoms with Crippen molar-refractivity contribution in [3.05, 3.63) is 41.6 Å². The molecule has 0 bridgehead atoms. The molecule has 0 aliphatic carbocycles. The van der Waals surface area contributed by atoms with Crippen molar-refractivity contribution in [3.8, 4) is 11.3 Å². The molecular formula is C15H17N5. The van der Waals surface area contributed by atoms with E-state index in [1.54, 1.807) is 0 Å². The highest BCUT2D eigenvalue weighted by atomic mass is 15.0. The molecule has 5 nitrogen and oxygen atoms in total. The molecule has 0 aliphatic heterocycles. The number of fused-ring (bicyclic) bond motifs is 1. The van der Waals surface area contributed by atoms with Crippen molar-refractivity contribution < 1.29 is 0 Å². The number of nitrogens with two attached hydrogens (primary N) is 1. The number of hydrogen-bond donors (Lipinski definition) is 1. The number of benzene rings is 1. The number of aromatic nitrogens is 4. The third-order valence-electron chi connectivity index (χ3n) is 3.50. The van der Waals surface area contributed by atoms with Gasteiger partial charge in [0.05, 0.1) is 22.4 Å². The largest absolute Gasteiger partial charge is 0.331 e. The van der Waals surface area contributed by atoms with Crippen molar-refractivity contribution in [1.29, 1.82) is 0 Å². The van der Waals surface area contributed by atoms with Crippen molar-refractivity contribution in [2.24, 2.45) is 12.8 Å². The first-order valence-corrected chi connectivity index (χ1v) is 6.56. The summed E-state index contributed by atoms with van der Waals surface area (Å²) in [6.45, 7) is 4.30. The molecule has 2 N–H and O–H groups in total.